The minimum absolute atomic E-state index is 0.0591. The molecule has 0 spiro atoms. The normalized spacial score (nSPS) is 10.5. The van der Waals surface area contributed by atoms with Crippen molar-refractivity contribution in [3.63, 3.8) is 0 Å². The number of rotatable bonds is 2. The van der Waals surface area contributed by atoms with Gasteiger partial charge in [0.25, 0.3) is 0 Å². The maximum atomic E-state index is 9.42. The first kappa shape index (κ1) is 9.94. The van der Waals surface area contributed by atoms with E-state index in [0.717, 1.165) is 27.5 Å². The van der Waals surface area contributed by atoms with E-state index in [1.165, 1.54) is 0 Å². The summed E-state index contributed by atoms with van der Waals surface area (Å²) in [5, 5.41) is 11.7. The predicted molar refractivity (Wildman–Crippen MR) is 64.6 cm³/mol. The van der Waals surface area contributed by atoms with Gasteiger partial charge in [-0.1, -0.05) is 48.6 Å². The fourth-order valence-corrected chi connectivity index (χ4v) is 1.91. The molecule has 1 nitrogen and oxygen atoms in total. The fourth-order valence-electron chi connectivity index (χ4n) is 1.91. The summed E-state index contributed by atoms with van der Waals surface area (Å²) in [6.07, 6.45) is 0. The van der Waals surface area contributed by atoms with Gasteiger partial charge in [0.2, 0.25) is 0 Å². The Kier molecular flexibility index (Phi) is 2.57. The molecule has 0 bridgehead atoms. The number of allylic oxidation sites excluding steroid dienone is 1. The van der Waals surface area contributed by atoms with Crippen LogP contribution < -0.4 is 0 Å². The van der Waals surface area contributed by atoms with Crippen molar-refractivity contribution in [2.75, 3.05) is 0 Å². The van der Waals surface area contributed by atoms with Crippen LogP contribution in [0.3, 0.4) is 0 Å². The van der Waals surface area contributed by atoms with Gasteiger partial charge >= 0.3 is 0 Å². The molecule has 0 heterocycles. The van der Waals surface area contributed by atoms with Crippen molar-refractivity contribution < 1.29 is 5.11 Å². The average molecular weight is 198 g/mol. The zero-order valence-corrected chi connectivity index (χ0v) is 8.83. The number of fused-ring (bicyclic) bond motifs is 1. The second-order valence-electron chi connectivity index (χ2n) is 3.75. The minimum atomic E-state index is 0.0591. The second-order valence-corrected chi connectivity index (χ2v) is 3.75. The van der Waals surface area contributed by atoms with Crippen molar-refractivity contribution >= 4 is 16.3 Å². The molecule has 0 radical (unpaired) electrons. The van der Waals surface area contributed by atoms with Crippen LogP contribution >= 0.6 is 0 Å². The van der Waals surface area contributed by atoms with Gasteiger partial charge in [0.1, 0.15) is 0 Å². The van der Waals surface area contributed by atoms with Crippen molar-refractivity contribution in [1.82, 2.24) is 0 Å². The highest BCUT2D eigenvalue weighted by Gasteiger charge is 2.06. The third-order valence-corrected chi connectivity index (χ3v) is 2.66. The molecule has 0 atom stereocenters. The summed E-state index contributed by atoms with van der Waals surface area (Å²) in [5.74, 6) is 0. The summed E-state index contributed by atoms with van der Waals surface area (Å²) in [6.45, 7) is 5.95. The third kappa shape index (κ3) is 1.66. The number of hydrogen-bond donors (Lipinski definition) is 1. The van der Waals surface area contributed by atoms with Crippen LogP contribution in [0, 0.1) is 0 Å². The minimum Gasteiger partial charge on any atom is -0.392 e. The van der Waals surface area contributed by atoms with Gasteiger partial charge < -0.3 is 5.11 Å². The molecular formula is C14H14O. The summed E-state index contributed by atoms with van der Waals surface area (Å²) in [7, 11) is 0. The van der Waals surface area contributed by atoms with Gasteiger partial charge in [-0.2, -0.15) is 0 Å². The van der Waals surface area contributed by atoms with Crippen LogP contribution in [0.2, 0.25) is 0 Å². The lowest BCUT2D eigenvalue weighted by Crippen LogP contribution is -1.93. The van der Waals surface area contributed by atoms with Crippen molar-refractivity contribution in [3.05, 3.63) is 54.1 Å². The van der Waals surface area contributed by atoms with Gasteiger partial charge in [0.15, 0.2) is 0 Å². The first-order valence-corrected chi connectivity index (χ1v) is 5.01. The van der Waals surface area contributed by atoms with Gasteiger partial charge in [-0.15, -0.1) is 0 Å². The molecule has 2 aromatic carbocycles. The Morgan fingerprint density at radius 2 is 1.93 bits per heavy atom. The van der Waals surface area contributed by atoms with E-state index in [1.54, 1.807) is 0 Å². The third-order valence-electron chi connectivity index (χ3n) is 2.66. The lowest BCUT2D eigenvalue weighted by Gasteiger charge is -2.10. The quantitative estimate of drug-likeness (QED) is 0.784. The number of aliphatic hydroxyl groups is 1. The molecule has 0 aliphatic heterocycles. The van der Waals surface area contributed by atoms with Crippen LogP contribution in [0.1, 0.15) is 18.1 Å². The van der Waals surface area contributed by atoms with E-state index in [9.17, 15) is 5.11 Å². The number of hydrogen-bond acceptors (Lipinski definition) is 1. The second kappa shape index (κ2) is 3.87. The largest absolute Gasteiger partial charge is 0.392 e. The molecule has 2 rings (SSSR count). The van der Waals surface area contributed by atoms with Gasteiger partial charge in [-0.25, -0.2) is 0 Å². The zero-order valence-electron chi connectivity index (χ0n) is 8.83. The number of aliphatic hydroxyl groups excluding tert-OH is 1. The molecule has 0 amide bonds. The van der Waals surface area contributed by atoms with E-state index in [0.29, 0.717) is 0 Å². The Morgan fingerprint density at radius 1 is 1.20 bits per heavy atom. The Hall–Kier alpha value is -1.60. The Bertz CT molecular complexity index is 512. The fraction of sp³-hybridized carbons (Fsp3) is 0.143. The van der Waals surface area contributed by atoms with Gasteiger partial charge in [0, 0.05) is 0 Å². The molecule has 0 unspecified atom stereocenters. The van der Waals surface area contributed by atoms with E-state index in [-0.39, 0.29) is 6.61 Å². The monoisotopic (exact) mass is 198 g/mol. The maximum absolute atomic E-state index is 9.42. The van der Waals surface area contributed by atoms with E-state index >= 15 is 0 Å². The van der Waals surface area contributed by atoms with Crippen LogP contribution in [0.25, 0.3) is 16.3 Å². The topological polar surface area (TPSA) is 20.2 Å². The van der Waals surface area contributed by atoms with Crippen LogP contribution in [0.15, 0.2) is 43.0 Å². The van der Waals surface area contributed by atoms with Crippen LogP contribution in [-0.2, 0) is 6.61 Å². The van der Waals surface area contributed by atoms with Gasteiger partial charge in [-0.05, 0) is 28.8 Å². The average Bonchev–Trinajstić information content (AvgIpc) is 2.27. The molecule has 15 heavy (non-hydrogen) atoms. The molecule has 2 aromatic rings. The molecule has 0 aromatic heterocycles. The van der Waals surface area contributed by atoms with Crippen LogP contribution in [0.4, 0.5) is 0 Å². The molecule has 0 fully saturated rings. The summed E-state index contributed by atoms with van der Waals surface area (Å²) < 4.78 is 0. The SMILES string of the molecule is C=C(C)c1ccc2ccccc2c1CO. The standard InChI is InChI=1S/C14H14O/c1-10(2)12-8-7-11-5-3-4-6-13(11)14(12)9-15/h3-8,15H,1,9H2,2H3. The molecular weight excluding hydrogens is 184 g/mol. The van der Waals surface area contributed by atoms with Crippen molar-refractivity contribution in [2.24, 2.45) is 0 Å². The van der Waals surface area contributed by atoms with Crippen LogP contribution in [-0.4, -0.2) is 5.11 Å². The van der Waals surface area contributed by atoms with Crippen molar-refractivity contribution in [2.45, 2.75) is 13.5 Å². The highest BCUT2D eigenvalue weighted by Crippen LogP contribution is 2.26. The Balaban J connectivity index is 2.81. The van der Waals surface area contributed by atoms with Gasteiger partial charge in [0.05, 0.1) is 6.61 Å². The molecule has 0 aliphatic rings. The van der Waals surface area contributed by atoms with Crippen LogP contribution in [0.5, 0.6) is 0 Å². The summed E-state index contributed by atoms with van der Waals surface area (Å²) in [4.78, 5) is 0. The summed E-state index contributed by atoms with van der Waals surface area (Å²) in [5.41, 5.74) is 3.02. The molecule has 1 heteroatoms. The molecule has 0 saturated carbocycles. The molecule has 0 aliphatic carbocycles. The predicted octanol–water partition coefficient (Wildman–Crippen LogP) is 3.37. The Morgan fingerprint density at radius 3 is 2.60 bits per heavy atom. The van der Waals surface area contributed by atoms with E-state index in [1.807, 2.05) is 31.2 Å². The van der Waals surface area contributed by atoms with Gasteiger partial charge in [-0.3, -0.25) is 0 Å². The summed E-state index contributed by atoms with van der Waals surface area (Å²) in [6, 6.07) is 12.2. The summed E-state index contributed by atoms with van der Waals surface area (Å²) >= 11 is 0. The van der Waals surface area contributed by atoms with E-state index in [2.05, 4.69) is 18.7 Å². The smallest absolute Gasteiger partial charge is 0.0693 e. The number of benzene rings is 2. The van der Waals surface area contributed by atoms with E-state index in [4.69, 9.17) is 0 Å². The van der Waals surface area contributed by atoms with E-state index < -0.39 is 0 Å². The molecule has 0 saturated heterocycles. The Labute approximate surface area is 89.7 Å². The first-order chi connectivity index (χ1) is 7.24. The molecule has 1 N–H and O–H groups in total. The lowest BCUT2D eigenvalue weighted by molar-refractivity contribution is 0.283. The van der Waals surface area contributed by atoms with Crippen molar-refractivity contribution in [3.8, 4) is 0 Å². The van der Waals surface area contributed by atoms with Crippen molar-refractivity contribution in [1.29, 1.82) is 0 Å². The zero-order chi connectivity index (χ0) is 10.8. The molecule has 76 valence electrons. The highest BCUT2D eigenvalue weighted by molar-refractivity contribution is 5.89. The lowest BCUT2D eigenvalue weighted by atomic mass is 9.96. The first-order valence-electron chi connectivity index (χ1n) is 5.01. The highest BCUT2D eigenvalue weighted by atomic mass is 16.3. The maximum Gasteiger partial charge on any atom is 0.0693 e.